The number of pyridine rings is 1. The van der Waals surface area contributed by atoms with Crippen molar-refractivity contribution in [2.24, 2.45) is 0 Å². The molecule has 1 fully saturated rings. The summed E-state index contributed by atoms with van der Waals surface area (Å²) < 4.78 is 5.94. The van der Waals surface area contributed by atoms with E-state index >= 15 is 0 Å². The van der Waals surface area contributed by atoms with Gasteiger partial charge in [-0.3, -0.25) is 0 Å². The number of anilines is 1. The summed E-state index contributed by atoms with van der Waals surface area (Å²) in [4.78, 5) is 9.54. The van der Waals surface area contributed by atoms with Crippen LogP contribution in [0.2, 0.25) is 0 Å². The maximum Gasteiger partial charge on any atom is 0.128 e. The Labute approximate surface area is 168 Å². The first kappa shape index (κ1) is 19.2. The number of fused-ring (bicyclic) bond motifs is 1. The number of benzene rings is 1. The molecule has 0 spiro atoms. The Balaban J connectivity index is 1.42. The van der Waals surface area contributed by atoms with Crippen molar-refractivity contribution in [2.45, 2.75) is 39.3 Å². The van der Waals surface area contributed by atoms with Crippen LogP contribution in [0.4, 0.5) is 5.82 Å². The third kappa shape index (κ3) is 4.47. The van der Waals surface area contributed by atoms with Gasteiger partial charge in [0.2, 0.25) is 0 Å². The average molecular weight is 381 g/mol. The van der Waals surface area contributed by atoms with E-state index in [4.69, 9.17) is 4.74 Å². The monoisotopic (exact) mass is 380 g/mol. The molecule has 5 nitrogen and oxygen atoms in total. The van der Waals surface area contributed by atoms with Crippen LogP contribution in [0.1, 0.15) is 42.5 Å². The van der Waals surface area contributed by atoms with Gasteiger partial charge < -0.3 is 19.9 Å². The predicted molar refractivity (Wildman–Crippen MR) is 114 cm³/mol. The van der Waals surface area contributed by atoms with Crippen LogP contribution in [-0.4, -0.2) is 49.2 Å². The molecule has 2 aliphatic rings. The molecule has 150 valence electrons. The summed E-state index contributed by atoms with van der Waals surface area (Å²) in [5.74, 6) is 2.14. The number of rotatable bonds is 5. The van der Waals surface area contributed by atoms with Gasteiger partial charge in [0.05, 0.1) is 6.61 Å². The molecule has 0 bridgehead atoms. The van der Waals surface area contributed by atoms with E-state index in [1.807, 2.05) is 6.20 Å². The van der Waals surface area contributed by atoms with E-state index in [0.717, 1.165) is 70.3 Å². The van der Waals surface area contributed by atoms with E-state index in [9.17, 15) is 0 Å². The Bertz CT molecular complexity index is 786. The summed E-state index contributed by atoms with van der Waals surface area (Å²) in [6, 6.07) is 11.2. The molecule has 1 aromatic heterocycles. The Kier molecular flexibility index (Phi) is 6.13. The third-order valence-corrected chi connectivity index (χ3v) is 5.94. The first-order valence-electron chi connectivity index (χ1n) is 10.6. The minimum atomic E-state index is 0.335. The maximum atomic E-state index is 5.94. The van der Waals surface area contributed by atoms with Gasteiger partial charge in [-0.2, -0.15) is 0 Å². The second-order valence-electron chi connectivity index (χ2n) is 7.91. The standard InChI is InChI=1S/C23H32N4O/c1-3-26-10-12-27(13-11-26)23-16-19(8-9-24-23)17-25-21-5-4-14-28-22-7-6-18(2)15-20(21)22/h6-9,15-16,21,25H,3-5,10-14,17H2,1-2H3. The average Bonchev–Trinajstić information content (AvgIpc) is 2.94. The Hall–Kier alpha value is -2.11. The highest BCUT2D eigenvalue weighted by Gasteiger charge is 2.20. The summed E-state index contributed by atoms with van der Waals surface area (Å²) in [5.41, 5.74) is 3.87. The van der Waals surface area contributed by atoms with E-state index in [2.05, 4.69) is 64.3 Å². The summed E-state index contributed by atoms with van der Waals surface area (Å²) in [6.07, 6.45) is 4.13. The molecule has 1 aromatic carbocycles. The highest BCUT2D eigenvalue weighted by molar-refractivity contribution is 5.42. The fourth-order valence-electron chi connectivity index (χ4n) is 4.19. The summed E-state index contributed by atoms with van der Waals surface area (Å²) >= 11 is 0. The lowest BCUT2D eigenvalue weighted by molar-refractivity contribution is 0.270. The Morgan fingerprint density at radius 1 is 1.14 bits per heavy atom. The molecule has 0 amide bonds. The van der Waals surface area contributed by atoms with Gasteiger partial charge in [0.15, 0.2) is 0 Å². The van der Waals surface area contributed by atoms with E-state index in [-0.39, 0.29) is 0 Å². The van der Waals surface area contributed by atoms with Crippen LogP contribution in [-0.2, 0) is 6.54 Å². The van der Waals surface area contributed by atoms with Crippen LogP contribution in [0.5, 0.6) is 5.75 Å². The Morgan fingerprint density at radius 2 is 2.00 bits per heavy atom. The van der Waals surface area contributed by atoms with Crippen LogP contribution in [0.3, 0.4) is 0 Å². The molecular formula is C23H32N4O. The number of aromatic nitrogens is 1. The molecule has 0 saturated carbocycles. The van der Waals surface area contributed by atoms with Gasteiger partial charge in [-0.05, 0) is 50.1 Å². The lowest BCUT2D eigenvalue weighted by Crippen LogP contribution is -2.46. The van der Waals surface area contributed by atoms with Crippen molar-refractivity contribution in [3.05, 3.63) is 53.2 Å². The number of piperazine rings is 1. The molecule has 0 aliphatic carbocycles. The second kappa shape index (κ2) is 8.93. The Morgan fingerprint density at radius 3 is 2.82 bits per heavy atom. The van der Waals surface area contributed by atoms with Crippen LogP contribution >= 0.6 is 0 Å². The van der Waals surface area contributed by atoms with Gasteiger partial charge >= 0.3 is 0 Å². The van der Waals surface area contributed by atoms with Crippen molar-refractivity contribution in [2.75, 3.05) is 44.2 Å². The van der Waals surface area contributed by atoms with Crippen molar-refractivity contribution in [1.82, 2.24) is 15.2 Å². The normalized spacial score (nSPS) is 20.4. The fourth-order valence-corrected chi connectivity index (χ4v) is 4.19. The topological polar surface area (TPSA) is 40.6 Å². The van der Waals surface area contributed by atoms with E-state index < -0.39 is 0 Å². The molecule has 3 heterocycles. The van der Waals surface area contributed by atoms with Gasteiger partial charge in [0.25, 0.3) is 0 Å². The summed E-state index contributed by atoms with van der Waals surface area (Å²) in [7, 11) is 0. The molecule has 4 rings (SSSR count). The molecule has 1 N–H and O–H groups in total. The molecule has 0 radical (unpaired) electrons. The molecule has 1 atom stereocenters. The minimum absolute atomic E-state index is 0.335. The fraction of sp³-hybridized carbons (Fsp3) is 0.522. The van der Waals surface area contributed by atoms with Crippen molar-refractivity contribution in [1.29, 1.82) is 0 Å². The molecule has 28 heavy (non-hydrogen) atoms. The number of nitrogens with zero attached hydrogens (tertiary/aromatic N) is 3. The van der Waals surface area contributed by atoms with Gasteiger partial charge in [0, 0.05) is 50.5 Å². The number of likely N-dealkylation sites (N-methyl/N-ethyl adjacent to an activating group) is 1. The van der Waals surface area contributed by atoms with E-state index in [1.54, 1.807) is 0 Å². The van der Waals surface area contributed by atoms with Crippen molar-refractivity contribution >= 4 is 5.82 Å². The largest absolute Gasteiger partial charge is 0.493 e. The van der Waals surface area contributed by atoms with Gasteiger partial charge in [0.1, 0.15) is 11.6 Å². The van der Waals surface area contributed by atoms with Crippen LogP contribution in [0.25, 0.3) is 0 Å². The zero-order valence-electron chi connectivity index (χ0n) is 17.2. The number of hydrogen-bond donors (Lipinski definition) is 1. The van der Waals surface area contributed by atoms with Gasteiger partial charge in [-0.25, -0.2) is 4.98 Å². The lowest BCUT2D eigenvalue weighted by atomic mass is 10.00. The number of ether oxygens (including phenoxy) is 1. The van der Waals surface area contributed by atoms with E-state index in [0.29, 0.717) is 6.04 Å². The lowest BCUT2D eigenvalue weighted by Gasteiger charge is -2.34. The van der Waals surface area contributed by atoms with Gasteiger partial charge in [-0.1, -0.05) is 24.6 Å². The van der Waals surface area contributed by atoms with Crippen molar-refractivity contribution < 1.29 is 4.74 Å². The molecule has 2 aromatic rings. The zero-order chi connectivity index (χ0) is 19.3. The highest BCUT2D eigenvalue weighted by atomic mass is 16.5. The smallest absolute Gasteiger partial charge is 0.128 e. The molecule has 2 aliphatic heterocycles. The maximum absolute atomic E-state index is 5.94. The first-order chi connectivity index (χ1) is 13.7. The first-order valence-corrected chi connectivity index (χ1v) is 10.6. The van der Waals surface area contributed by atoms with Gasteiger partial charge in [-0.15, -0.1) is 0 Å². The number of hydrogen-bond acceptors (Lipinski definition) is 5. The highest BCUT2D eigenvalue weighted by Crippen LogP contribution is 2.32. The third-order valence-electron chi connectivity index (χ3n) is 5.94. The molecular weight excluding hydrogens is 348 g/mol. The summed E-state index contributed by atoms with van der Waals surface area (Å²) in [6.45, 7) is 11.5. The van der Waals surface area contributed by atoms with Crippen LogP contribution in [0.15, 0.2) is 36.5 Å². The second-order valence-corrected chi connectivity index (χ2v) is 7.91. The van der Waals surface area contributed by atoms with Crippen molar-refractivity contribution in [3.63, 3.8) is 0 Å². The van der Waals surface area contributed by atoms with Crippen LogP contribution < -0.4 is 15.0 Å². The molecule has 1 unspecified atom stereocenters. The van der Waals surface area contributed by atoms with E-state index in [1.165, 1.54) is 16.7 Å². The zero-order valence-corrected chi connectivity index (χ0v) is 17.2. The summed E-state index contributed by atoms with van der Waals surface area (Å²) in [5, 5.41) is 3.77. The number of aryl methyl sites for hydroxylation is 1. The predicted octanol–water partition coefficient (Wildman–Crippen LogP) is 3.54. The van der Waals surface area contributed by atoms with Crippen LogP contribution in [0, 0.1) is 6.92 Å². The SMILES string of the molecule is CCN1CCN(c2cc(CNC3CCCOc4ccc(C)cc43)ccn2)CC1. The molecule has 1 saturated heterocycles. The van der Waals surface area contributed by atoms with Crippen molar-refractivity contribution in [3.8, 4) is 5.75 Å². The molecule has 5 heteroatoms. The number of nitrogens with one attached hydrogen (secondary N) is 1. The quantitative estimate of drug-likeness (QED) is 0.859. The minimum Gasteiger partial charge on any atom is -0.493 e.